The van der Waals surface area contributed by atoms with Crippen LogP contribution in [0.5, 0.6) is 0 Å². The lowest BCUT2D eigenvalue weighted by Crippen LogP contribution is -2.29. The zero-order chi connectivity index (χ0) is 25.1. The summed E-state index contributed by atoms with van der Waals surface area (Å²) in [7, 11) is -3.44. The van der Waals surface area contributed by atoms with E-state index in [0.717, 1.165) is 36.3 Å². The fourth-order valence-electron chi connectivity index (χ4n) is 4.94. The number of carbonyl (C=O) groups is 1. The molecule has 0 unspecified atom stereocenters. The molecule has 2 heterocycles. The summed E-state index contributed by atoms with van der Waals surface area (Å²) in [4.78, 5) is 15.8. The first-order valence-corrected chi connectivity index (χ1v) is 14.2. The van der Waals surface area contributed by atoms with Gasteiger partial charge in [0.05, 0.1) is 11.3 Å². The number of likely N-dealkylation sites (tertiary alicyclic amines) is 1. The monoisotopic (exact) mass is 501 g/mol. The standard InChI is InChI=1S/C29H31N3O3S/c1-2-36(34,35)31-24-15-16-26-25(19-24)28(29(33)30-26)27(22-9-5-3-6-10-22)23-13-11-21(12-14-23)20-32-17-7-4-8-18-32/h3,5-6,9-16,19,31H,2,4,7-8,17-18,20H2,1H3,(H,30,33). The van der Waals surface area contributed by atoms with Gasteiger partial charge in [0.15, 0.2) is 0 Å². The number of nitrogens with zero attached hydrogens (tertiary/aromatic N) is 1. The van der Waals surface area contributed by atoms with E-state index in [1.54, 1.807) is 25.1 Å². The van der Waals surface area contributed by atoms with Crippen LogP contribution in [-0.2, 0) is 21.4 Å². The van der Waals surface area contributed by atoms with E-state index < -0.39 is 10.0 Å². The molecule has 1 amide bonds. The number of nitrogens with one attached hydrogen (secondary N) is 2. The molecule has 0 aromatic heterocycles. The summed E-state index contributed by atoms with van der Waals surface area (Å²) in [5.41, 5.74) is 6.29. The fraction of sp³-hybridized carbons (Fsp3) is 0.276. The fourth-order valence-corrected chi connectivity index (χ4v) is 5.57. The SMILES string of the molecule is CCS(=O)(=O)Nc1ccc2c(c1)C(=C(c1ccccc1)c1ccc(CN3CCCCC3)cc1)C(=O)N2. The third-order valence-electron chi connectivity index (χ3n) is 6.83. The van der Waals surface area contributed by atoms with Gasteiger partial charge in [-0.15, -0.1) is 0 Å². The number of carbonyl (C=O) groups excluding carboxylic acids is 1. The predicted octanol–water partition coefficient (Wildman–Crippen LogP) is 5.35. The molecular weight excluding hydrogens is 470 g/mol. The lowest BCUT2D eigenvalue weighted by atomic mass is 9.89. The van der Waals surface area contributed by atoms with Gasteiger partial charge in [0.2, 0.25) is 10.0 Å². The van der Waals surface area contributed by atoms with Crippen molar-refractivity contribution in [3.63, 3.8) is 0 Å². The number of anilines is 2. The number of piperidine rings is 1. The van der Waals surface area contributed by atoms with Crippen LogP contribution < -0.4 is 10.0 Å². The molecule has 2 N–H and O–H groups in total. The average Bonchev–Trinajstić information content (AvgIpc) is 3.21. The normalized spacial score (nSPS) is 17.4. The molecule has 0 bridgehead atoms. The summed E-state index contributed by atoms with van der Waals surface area (Å²) >= 11 is 0. The number of sulfonamides is 1. The van der Waals surface area contributed by atoms with Gasteiger partial charge in [-0.25, -0.2) is 8.42 Å². The first-order chi connectivity index (χ1) is 17.4. The summed E-state index contributed by atoms with van der Waals surface area (Å²) in [6.07, 6.45) is 3.83. The van der Waals surface area contributed by atoms with Crippen LogP contribution in [0.15, 0.2) is 72.8 Å². The van der Waals surface area contributed by atoms with Gasteiger partial charge in [0, 0.05) is 29.1 Å². The minimum atomic E-state index is -3.44. The van der Waals surface area contributed by atoms with E-state index in [2.05, 4.69) is 39.2 Å². The molecule has 1 saturated heterocycles. The number of benzene rings is 3. The predicted molar refractivity (Wildman–Crippen MR) is 146 cm³/mol. The van der Waals surface area contributed by atoms with Crippen molar-refractivity contribution >= 4 is 38.5 Å². The van der Waals surface area contributed by atoms with Gasteiger partial charge >= 0.3 is 0 Å². The molecule has 2 aliphatic rings. The Hall–Kier alpha value is -3.42. The van der Waals surface area contributed by atoms with Gasteiger partial charge in [-0.1, -0.05) is 61.0 Å². The van der Waals surface area contributed by atoms with Crippen molar-refractivity contribution in [3.8, 4) is 0 Å². The first kappa shape index (κ1) is 24.3. The second-order valence-corrected chi connectivity index (χ2v) is 11.4. The lowest BCUT2D eigenvalue weighted by molar-refractivity contribution is -0.110. The highest BCUT2D eigenvalue weighted by molar-refractivity contribution is 7.92. The molecule has 0 radical (unpaired) electrons. The van der Waals surface area contributed by atoms with Crippen LogP contribution >= 0.6 is 0 Å². The van der Waals surface area contributed by atoms with Crippen LogP contribution in [0.2, 0.25) is 0 Å². The molecule has 0 aliphatic carbocycles. The lowest BCUT2D eigenvalue weighted by Gasteiger charge is -2.26. The second-order valence-electron chi connectivity index (χ2n) is 9.37. The average molecular weight is 502 g/mol. The smallest absolute Gasteiger partial charge is 0.257 e. The zero-order valence-corrected chi connectivity index (χ0v) is 21.3. The van der Waals surface area contributed by atoms with E-state index in [1.165, 1.54) is 24.8 Å². The maximum atomic E-state index is 13.3. The van der Waals surface area contributed by atoms with Crippen LogP contribution in [0.4, 0.5) is 11.4 Å². The Balaban J connectivity index is 1.58. The molecule has 186 valence electrons. The van der Waals surface area contributed by atoms with Gasteiger partial charge in [0.1, 0.15) is 0 Å². The molecule has 2 aliphatic heterocycles. The molecule has 3 aromatic carbocycles. The summed E-state index contributed by atoms with van der Waals surface area (Å²) in [5, 5.41) is 2.96. The van der Waals surface area contributed by atoms with E-state index >= 15 is 0 Å². The van der Waals surface area contributed by atoms with Crippen LogP contribution in [0.3, 0.4) is 0 Å². The number of fused-ring (bicyclic) bond motifs is 1. The van der Waals surface area contributed by atoms with E-state index in [0.29, 0.717) is 22.5 Å². The van der Waals surface area contributed by atoms with Gasteiger partial charge in [-0.05, 0) is 67.7 Å². The van der Waals surface area contributed by atoms with E-state index in [9.17, 15) is 13.2 Å². The third-order valence-corrected chi connectivity index (χ3v) is 8.13. The molecule has 0 atom stereocenters. The van der Waals surface area contributed by atoms with Crippen molar-refractivity contribution in [1.82, 2.24) is 4.90 Å². The van der Waals surface area contributed by atoms with Crippen molar-refractivity contribution in [2.45, 2.75) is 32.7 Å². The minimum Gasteiger partial charge on any atom is -0.321 e. The molecular formula is C29H31N3O3S. The number of hydrogen-bond donors (Lipinski definition) is 2. The number of hydrogen-bond acceptors (Lipinski definition) is 4. The number of rotatable bonds is 7. The van der Waals surface area contributed by atoms with Crippen molar-refractivity contribution in [2.24, 2.45) is 0 Å². The Morgan fingerprint density at radius 1 is 0.917 bits per heavy atom. The summed E-state index contributed by atoms with van der Waals surface area (Å²) in [6.45, 7) is 4.81. The van der Waals surface area contributed by atoms with Crippen molar-refractivity contribution in [1.29, 1.82) is 0 Å². The zero-order valence-electron chi connectivity index (χ0n) is 20.5. The molecule has 36 heavy (non-hydrogen) atoms. The van der Waals surface area contributed by atoms with Crippen LogP contribution in [0.1, 0.15) is 48.4 Å². The van der Waals surface area contributed by atoms with Gasteiger partial charge in [0.25, 0.3) is 5.91 Å². The maximum Gasteiger partial charge on any atom is 0.257 e. The van der Waals surface area contributed by atoms with Crippen LogP contribution in [0.25, 0.3) is 11.1 Å². The Kier molecular flexibility index (Phi) is 6.94. The van der Waals surface area contributed by atoms with Crippen molar-refractivity contribution < 1.29 is 13.2 Å². The largest absolute Gasteiger partial charge is 0.321 e. The Bertz CT molecular complexity index is 1390. The molecule has 1 fully saturated rings. The Morgan fingerprint density at radius 3 is 2.31 bits per heavy atom. The highest BCUT2D eigenvalue weighted by Crippen LogP contribution is 2.41. The summed E-state index contributed by atoms with van der Waals surface area (Å²) in [6, 6.07) is 23.5. The molecule has 6 nitrogen and oxygen atoms in total. The molecule has 5 rings (SSSR count). The topological polar surface area (TPSA) is 78.5 Å². The van der Waals surface area contributed by atoms with Gasteiger partial charge in [-0.2, -0.15) is 0 Å². The van der Waals surface area contributed by atoms with Crippen molar-refractivity contribution in [2.75, 3.05) is 28.9 Å². The van der Waals surface area contributed by atoms with Gasteiger partial charge in [-0.3, -0.25) is 14.4 Å². The Morgan fingerprint density at radius 2 is 1.61 bits per heavy atom. The third kappa shape index (κ3) is 5.22. The van der Waals surface area contributed by atoms with E-state index in [1.807, 2.05) is 30.3 Å². The van der Waals surface area contributed by atoms with Crippen LogP contribution in [0, 0.1) is 0 Å². The summed E-state index contributed by atoms with van der Waals surface area (Å²) < 4.78 is 26.9. The highest BCUT2D eigenvalue weighted by atomic mass is 32.2. The second kappa shape index (κ2) is 10.3. The number of amides is 1. The molecule has 7 heteroatoms. The highest BCUT2D eigenvalue weighted by Gasteiger charge is 2.29. The van der Waals surface area contributed by atoms with Crippen molar-refractivity contribution in [3.05, 3.63) is 95.1 Å². The van der Waals surface area contributed by atoms with Gasteiger partial charge < -0.3 is 5.32 Å². The minimum absolute atomic E-state index is 0.0248. The molecule has 0 saturated carbocycles. The van der Waals surface area contributed by atoms with E-state index in [-0.39, 0.29) is 11.7 Å². The van der Waals surface area contributed by atoms with Crippen LogP contribution in [-0.4, -0.2) is 38.1 Å². The first-order valence-electron chi connectivity index (χ1n) is 12.5. The summed E-state index contributed by atoms with van der Waals surface area (Å²) in [5.74, 6) is -0.222. The quantitative estimate of drug-likeness (QED) is 0.428. The maximum absolute atomic E-state index is 13.3. The van der Waals surface area contributed by atoms with E-state index in [4.69, 9.17) is 0 Å². The Labute approximate surface area is 213 Å². The molecule has 0 spiro atoms. The molecule has 3 aromatic rings.